The zero-order chi connectivity index (χ0) is 9.64. The van der Waals surface area contributed by atoms with E-state index in [4.69, 9.17) is 0 Å². The molecule has 1 aliphatic rings. The highest BCUT2D eigenvalue weighted by atomic mass is 79.9. The highest BCUT2D eigenvalue weighted by molar-refractivity contribution is 5.15. The average Bonchev–Trinajstić information content (AvgIpc) is 2.29. The summed E-state index contributed by atoms with van der Waals surface area (Å²) in [5, 5.41) is 0. The molecule has 0 radical (unpaired) electrons. The van der Waals surface area contributed by atoms with Crippen LogP contribution in [-0.2, 0) is 6.42 Å². The maximum absolute atomic E-state index is 3.21. The number of hydrogen-bond donors (Lipinski definition) is 0. The Labute approximate surface area is 102 Å². The van der Waals surface area contributed by atoms with E-state index in [1.807, 2.05) is 12.2 Å². The van der Waals surface area contributed by atoms with E-state index in [0.29, 0.717) is 0 Å². The van der Waals surface area contributed by atoms with Crippen molar-refractivity contribution in [1.82, 2.24) is 4.90 Å². The minimum absolute atomic E-state index is 0. The zero-order valence-corrected chi connectivity index (χ0v) is 10.2. The third kappa shape index (κ3) is 3.86. The number of hydrogen-bond acceptors (Lipinski definition) is 1. The van der Waals surface area contributed by atoms with Crippen molar-refractivity contribution in [2.75, 3.05) is 13.1 Å². The van der Waals surface area contributed by atoms with Gasteiger partial charge in [0.2, 0.25) is 0 Å². The molecule has 0 spiro atoms. The molecule has 1 heterocycles. The molecule has 78 valence electrons. The second kappa shape index (κ2) is 6.39. The molecule has 1 aliphatic heterocycles. The smallest absolute Gasteiger partial charge is 0.190 e. The summed E-state index contributed by atoms with van der Waals surface area (Å²) in [5.41, 5.74) is 1.39. The molecule has 1 nitrogen and oxygen atoms in total. The van der Waals surface area contributed by atoms with Gasteiger partial charge in [0.25, 0.3) is 0 Å². The average molecular weight is 264 g/mol. The molecular weight excluding hydrogens is 250 g/mol. The Kier molecular flexibility index (Phi) is 5.09. The van der Waals surface area contributed by atoms with Gasteiger partial charge < -0.3 is 17.0 Å². The molecule has 0 saturated heterocycles. The van der Waals surface area contributed by atoms with Crippen LogP contribution in [0.1, 0.15) is 5.56 Å². The monoisotopic (exact) mass is 263 g/mol. The molecule has 0 atom stereocenters. The second-order valence-corrected chi connectivity index (χ2v) is 3.41. The first kappa shape index (κ1) is 12.0. The molecule has 2 rings (SSSR count). The van der Waals surface area contributed by atoms with E-state index in [1.54, 1.807) is 0 Å². The maximum atomic E-state index is 3.21. The van der Waals surface area contributed by atoms with Gasteiger partial charge in [-0.2, -0.15) is 0 Å². The molecule has 0 fully saturated rings. The predicted molar refractivity (Wildman–Crippen MR) is 58.7 cm³/mol. The SMILES string of the molecule is [Br-].[C+]1=CC=CCN1CCc1ccccc1. The van der Waals surface area contributed by atoms with Gasteiger partial charge in [-0.1, -0.05) is 30.3 Å². The van der Waals surface area contributed by atoms with Crippen LogP contribution >= 0.6 is 0 Å². The van der Waals surface area contributed by atoms with Gasteiger partial charge in [-0.05, 0) is 12.0 Å². The number of benzene rings is 1. The summed E-state index contributed by atoms with van der Waals surface area (Å²) < 4.78 is 0. The van der Waals surface area contributed by atoms with Crippen molar-refractivity contribution in [3.63, 3.8) is 0 Å². The number of nitrogens with zero attached hydrogens (tertiary/aromatic N) is 1. The van der Waals surface area contributed by atoms with Crippen LogP contribution in [0.25, 0.3) is 0 Å². The summed E-state index contributed by atoms with van der Waals surface area (Å²) in [6, 6.07) is 10.6. The quantitative estimate of drug-likeness (QED) is 0.660. The van der Waals surface area contributed by atoms with E-state index in [-0.39, 0.29) is 17.0 Å². The van der Waals surface area contributed by atoms with Gasteiger partial charge in [0.05, 0.1) is 12.6 Å². The van der Waals surface area contributed by atoms with Crippen LogP contribution in [0.5, 0.6) is 0 Å². The van der Waals surface area contributed by atoms with Crippen molar-refractivity contribution in [2.45, 2.75) is 6.42 Å². The Hall–Kier alpha value is -1.11. The fourth-order valence-corrected chi connectivity index (χ4v) is 1.52. The Bertz CT molecular complexity index is 330. The van der Waals surface area contributed by atoms with Gasteiger partial charge in [-0.15, -0.1) is 0 Å². The highest BCUT2D eigenvalue weighted by Crippen LogP contribution is 2.03. The first-order chi connectivity index (χ1) is 6.95. The lowest BCUT2D eigenvalue weighted by molar-refractivity contribution is -0.00000281. The molecule has 0 N–H and O–H groups in total. The van der Waals surface area contributed by atoms with Crippen LogP contribution in [0.4, 0.5) is 0 Å². The summed E-state index contributed by atoms with van der Waals surface area (Å²) in [7, 11) is 0. The summed E-state index contributed by atoms with van der Waals surface area (Å²) in [6.07, 6.45) is 10.5. The van der Waals surface area contributed by atoms with Gasteiger partial charge in [0.1, 0.15) is 0 Å². The van der Waals surface area contributed by atoms with Crippen molar-refractivity contribution in [2.24, 2.45) is 0 Å². The fraction of sp³-hybridized carbons (Fsp3) is 0.231. The summed E-state index contributed by atoms with van der Waals surface area (Å²) in [4.78, 5) is 2.20. The maximum Gasteiger partial charge on any atom is 0.190 e. The lowest BCUT2D eigenvalue weighted by Gasteiger charge is -2.11. The van der Waals surface area contributed by atoms with Crippen LogP contribution in [0.3, 0.4) is 0 Å². The van der Waals surface area contributed by atoms with E-state index < -0.39 is 0 Å². The number of rotatable bonds is 3. The van der Waals surface area contributed by atoms with Crippen molar-refractivity contribution in [3.8, 4) is 0 Å². The molecule has 1 aromatic rings. The molecule has 0 aliphatic carbocycles. The van der Waals surface area contributed by atoms with Gasteiger partial charge >= 0.3 is 0 Å². The third-order valence-corrected chi connectivity index (χ3v) is 2.33. The molecular formula is C13H14BrN. The molecule has 1 aromatic carbocycles. The van der Waals surface area contributed by atoms with Crippen molar-refractivity contribution >= 4 is 0 Å². The molecule has 0 unspecified atom stereocenters. The van der Waals surface area contributed by atoms with Crippen LogP contribution in [0.15, 0.2) is 48.6 Å². The number of halogens is 1. The molecule has 0 saturated carbocycles. The van der Waals surface area contributed by atoms with E-state index in [1.165, 1.54) is 5.56 Å². The van der Waals surface area contributed by atoms with E-state index in [2.05, 4.69) is 47.5 Å². The lowest BCUT2D eigenvalue weighted by Crippen LogP contribution is -3.00. The Morgan fingerprint density at radius 3 is 2.67 bits per heavy atom. The number of allylic oxidation sites excluding steroid dienone is 2. The molecule has 15 heavy (non-hydrogen) atoms. The van der Waals surface area contributed by atoms with E-state index in [9.17, 15) is 0 Å². The second-order valence-electron chi connectivity index (χ2n) is 3.41. The topological polar surface area (TPSA) is 3.24 Å². The van der Waals surface area contributed by atoms with Crippen LogP contribution in [0, 0.1) is 6.20 Å². The first-order valence-electron chi connectivity index (χ1n) is 4.98. The van der Waals surface area contributed by atoms with Crippen LogP contribution in [-0.4, -0.2) is 18.0 Å². The van der Waals surface area contributed by atoms with Crippen LogP contribution < -0.4 is 17.0 Å². The van der Waals surface area contributed by atoms with Crippen LogP contribution in [0.2, 0.25) is 0 Å². The zero-order valence-electron chi connectivity index (χ0n) is 8.57. The molecule has 0 amide bonds. The Morgan fingerprint density at radius 1 is 1.20 bits per heavy atom. The summed E-state index contributed by atoms with van der Waals surface area (Å²) in [5.74, 6) is 0. The molecule has 0 bridgehead atoms. The molecule has 0 aromatic heterocycles. The fourth-order valence-electron chi connectivity index (χ4n) is 1.52. The van der Waals surface area contributed by atoms with Crippen molar-refractivity contribution in [1.29, 1.82) is 0 Å². The summed E-state index contributed by atoms with van der Waals surface area (Å²) >= 11 is 0. The Balaban J connectivity index is 0.00000112. The largest absolute Gasteiger partial charge is 1.00 e. The van der Waals surface area contributed by atoms with Gasteiger partial charge in [0, 0.05) is 12.6 Å². The lowest BCUT2D eigenvalue weighted by atomic mass is 10.1. The Morgan fingerprint density at radius 2 is 2.00 bits per heavy atom. The minimum Gasteiger partial charge on any atom is -1.00 e. The first-order valence-corrected chi connectivity index (χ1v) is 4.98. The van der Waals surface area contributed by atoms with E-state index in [0.717, 1.165) is 19.5 Å². The molecule has 2 heteroatoms. The summed E-state index contributed by atoms with van der Waals surface area (Å²) in [6.45, 7) is 2.04. The third-order valence-electron chi connectivity index (χ3n) is 2.33. The van der Waals surface area contributed by atoms with Gasteiger partial charge in [-0.25, -0.2) is 4.90 Å². The van der Waals surface area contributed by atoms with Crippen molar-refractivity contribution in [3.05, 3.63) is 60.3 Å². The van der Waals surface area contributed by atoms with E-state index >= 15 is 0 Å². The van der Waals surface area contributed by atoms with Crippen molar-refractivity contribution < 1.29 is 17.0 Å². The standard InChI is InChI=1S/C13H14N.BrH/c1-3-7-13(8-4-1)9-12-14-10-5-2-6-11-14;/h1-8H,9-10,12H2;1H/q+1;/p-1. The predicted octanol–water partition coefficient (Wildman–Crippen LogP) is -0.578. The normalized spacial score (nSPS) is 13.2. The highest BCUT2D eigenvalue weighted by Gasteiger charge is 2.07. The van der Waals surface area contributed by atoms with Gasteiger partial charge in [0.15, 0.2) is 12.3 Å². The van der Waals surface area contributed by atoms with Gasteiger partial charge in [-0.3, -0.25) is 0 Å². The minimum atomic E-state index is 0.